The summed E-state index contributed by atoms with van der Waals surface area (Å²) in [6, 6.07) is 3.02. The number of carbonyl (C=O) groups is 3. The van der Waals surface area contributed by atoms with Crippen LogP contribution in [0.1, 0.15) is 32.3 Å². The van der Waals surface area contributed by atoms with Crippen molar-refractivity contribution in [3.8, 4) is 11.5 Å². The van der Waals surface area contributed by atoms with Crippen LogP contribution in [0.3, 0.4) is 0 Å². The molecule has 1 aromatic carbocycles. The van der Waals surface area contributed by atoms with Gasteiger partial charge < -0.3 is 20.1 Å². The summed E-state index contributed by atoms with van der Waals surface area (Å²) >= 11 is 6.23. The van der Waals surface area contributed by atoms with Crippen LogP contribution in [0.15, 0.2) is 12.1 Å². The van der Waals surface area contributed by atoms with Crippen LogP contribution in [0, 0.1) is 0 Å². The predicted molar refractivity (Wildman–Crippen MR) is 97.8 cm³/mol. The predicted octanol–water partition coefficient (Wildman–Crippen LogP) is 1.84. The van der Waals surface area contributed by atoms with E-state index in [4.69, 9.17) is 21.1 Å². The number of hydrogen-bond donors (Lipinski definition) is 2. The number of fused-ring (bicyclic) bond motifs is 1. The zero-order chi connectivity index (χ0) is 19.6. The van der Waals surface area contributed by atoms with Crippen LogP contribution in [0.5, 0.6) is 11.5 Å². The van der Waals surface area contributed by atoms with Gasteiger partial charge in [-0.15, -0.1) is 0 Å². The molecule has 0 spiro atoms. The van der Waals surface area contributed by atoms with Crippen molar-refractivity contribution < 1.29 is 23.9 Å². The van der Waals surface area contributed by atoms with E-state index < -0.39 is 11.6 Å². The number of nitrogens with zero attached hydrogens (tertiary/aromatic N) is 1. The number of carbonyl (C=O) groups excluding carboxylic acids is 3. The molecule has 1 aromatic rings. The molecule has 8 nitrogen and oxygen atoms in total. The number of ether oxygens (including phenoxy) is 2. The number of imide groups is 1. The van der Waals surface area contributed by atoms with Crippen LogP contribution >= 0.6 is 11.6 Å². The van der Waals surface area contributed by atoms with Crippen molar-refractivity contribution >= 4 is 29.4 Å². The number of nitrogens with one attached hydrogen (secondary N) is 2. The SMILES string of the molecule is CC1(C)NC(=O)N(CCC(=O)NCc2cc(Cl)c3c(c2)OCCCO3)C1=O. The fourth-order valence-corrected chi connectivity index (χ4v) is 3.20. The smallest absolute Gasteiger partial charge is 0.325 e. The molecule has 0 atom stereocenters. The number of rotatable bonds is 5. The minimum atomic E-state index is -0.936. The number of urea groups is 1. The molecule has 1 fully saturated rings. The number of hydrogen-bond acceptors (Lipinski definition) is 5. The average Bonchev–Trinajstić information content (AvgIpc) is 2.77. The molecule has 0 aromatic heterocycles. The van der Waals surface area contributed by atoms with E-state index in [2.05, 4.69) is 10.6 Å². The van der Waals surface area contributed by atoms with Crippen molar-refractivity contribution in [1.29, 1.82) is 0 Å². The minimum absolute atomic E-state index is 0.0214. The van der Waals surface area contributed by atoms with Crippen molar-refractivity contribution in [2.24, 2.45) is 0 Å². The molecule has 2 heterocycles. The molecule has 2 aliphatic heterocycles. The quantitative estimate of drug-likeness (QED) is 0.741. The highest BCUT2D eigenvalue weighted by molar-refractivity contribution is 6.32. The highest BCUT2D eigenvalue weighted by atomic mass is 35.5. The molecule has 146 valence electrons. The lowest BCUT2D eigenvalue weighted by molar-refractivity contribution is -0.130. The lowest BCUT2D eigenvalue weighted by Gasteiger charge is -2.16. The fraction of sp³-hybridized carbons (Fsp3) is 0.500. The summed E-state index contributed by atoms with van der Waals surface area (Å²) in [5, 5.41) is 5.77. The summed E-state index contributed by atoms with van der Waals surface area (Å²) in [6.45, 7) is 4.62. The van der Waals surface area contributed by atoms with E-state index in [0.29, 0.717) is 29.7 Å². The molecule has 0 unspecified atom stereocenters. The third-order valence-electron chi connectivity index (χ3n) is 4.36. The highest BCUT2D eigenvalue weighted by Gasteiger charge is 2.43. The Hall–Kier alpha value is -2.48. The maximum Gasteiger partial charge on any atom is 0.325 e. The van der Waals surface area contributed by atoms with Gasteiger partial charge in [-0.25, -0.2) is 4.79 Å². The summed E-state index contributed by atoms with van der Waals surface area (Å²) < 4.78 is 11.2. The van der Waals surface area contributed by atoms with Crippen molar-refractivity contribution in [2.45, 2.75) is 38.8 Å². The number of benzene rings is 1. The van der Waals surface area contributed by atoms with Crippen molar-refractivity contribution in [1.82, 2.24) is 15.5 Å². The van der Waals surface area contributed by atoms with E-state index in [0.717, 1.165) is 16.9 Å². The van der Waals surface area contributed by atoms with Gasteiger partial charge in [-0.2, -0.15) is 0 Å². The second-order valence-electron chi connectivity index (χ2n) is 6.99. The Morgan fingerprint density at radius 3 is 2.74 bits per heavy atom. The third-order valence-corrected chi connectivity index (χ3v) is 4.64. The molecule has 3 rings (SSSR count). The summed E-state index contributed by atoms with van der Waals surface area (Å²) in [4.78, 5) is 37.1. The van der Waals surface area contributed by atoms with Gasteiger partial charge in [0.2, 0.25) is 5.91 Å². The van der Waals surface area contributed by atoms with E-state index in [1.165, 1.54) is 0 Å². The second-order valence-corrected chi connectivity index (χ2v) is 7.40. The van der Waals surface area contributed by atoms with Crippen LogP contribution < -0.4 is 20.1 Å². The molecular weight excluding hydrogens is 374 g/mol. The molecule has 27 heavy (non-hydrogen) atoms. The molecule has 0 bridgehead atoms. The summed E-state index contributed by atoms with van der Waals surface area (Å²) in [7, 11) is 0. The van der Waals surface area contributed by atoms with E-state index in [-0.39, 0.29) is 31.3 Å². The van der Waals surface area contributed by atoms with E-state index >= 15 is 0 Å². The van der Waals surface area contributed by atoms with Gasteiger partial charge in [0.1, 0.15) is 5.54 Å². The molecule has 9 heteroatoms. The van der Waals surface area contributed by atoms with Gasteiger partial charge in [-0.1, -0.05) is 11.6 Å². The topological polar surface area (TPSA) is 97.0 Å². The molecule has 0 radical (unpaired) electrons. The van der Waals surface area contributed by atoms with Gasteiger partial charge in [0.25, 0.3) is 5.91 Å². The lowest BCUT2D eigenvalue weighted by Crippen LogP contribution is -2.40. The van der Waals surface area contributed by atoms with Crippen LogP contribution in [-0.4, -0.2) is 48.0 Å². The van der Waals surface area contributed by atoms with E-state index in [9.17, 15) is 14.4 Å². The third kappa shape index (κ3) is 4.27. The van der Waals surface area contributed by atoms with Gasteiger partial charge in [0.15, 0.2) is 11.5 Å². The Balaban J connectivity index is 1.54. The zero-order valence-corrected chi connectivity index (χ0v) is 16.0. The van der Waals surface area contributed by atoms with Gasteiger partial charge in [-0.3, -0.25) is 14.5 Å². The Morgan fingerprint density at radius 1 is 1.30 bits per heavy atom. The molecule has 2 aliphatic rings. The first-order chi connectivity index (χ1) is 12.8. The Bertz CT molecular complexity index is 781. The van der Waals surface area contributed by atoms with Gasteiger partial charge in [0, 0.05) is 25.9 Å². The largest absolute Gasteiger partial charge is 0.489 e. The first kappa shape index (κ1) is 19.3. The van der Waals surface area contributed by atoms with E-state index in [1.807, 2.05) is 0 Å². The van der Waals surface area contributed by atoms with Gasteiger partial charge >= 0.3 is 6.03 Å². The van der Waals surface area contributed by atoms with Gasteiger partial charge in [-0.05, 0) is 31.5 Å². The van der Waals surface area contributed by atoms with Crippen LogP contribution in [0.2, 0.25) is 5.02 Å². The first-order valence-electron chi connectivity index (χ1n) is 8.77. The molecular formula is C18H22ClN3O5. The highest BCUT2D eigenvalue weighted by Crippen LogP contribution is 2.37. The summed E-state index contributed by atoms with van der Waals surface area (Å²) in [5.41, 5.74) is -0.164. The Labute approximate surface area is 162 Å². The zero-order valence-electron chi connectivity index (χ0n) is 15.3. The monoisotopic (exact) mass is 395 g/mol. The van der Waals surface area contributed by atoms with Crippen LogP contribution in [0.25, 0.3) is 0 Å². The maximum absolute atomic E-state index is 12.1. The van der Waals surface area contributed by atoms with Crippen LogP contribution in [0.4, 0.5) is 4.79 Å². The molecule has 4 amide bonds. The normalized spacial score (nSPS) is 18.1. The average molecular weight is 396 g/mol. The Kier molecular flexibility index (Phi) is 5.46. The first-order valence-corrected chi connectivity index (χ1v) is 9.14. The summed E-state index contributed by atoms with van der Waals surface area (Å²) in [6.07, 6.45) is 0.796. The van der Waals surface area contributed by atoms with Gasteiger partial charge in [0.05, 0.1) is 18.2 Å². The second kappa shape index (κ2) is 7.64. The van der Waals surface area contributed by atoms with Crippen molar-refractivity contribution in [3.05, 3.63) is 22.7 Å². The van der Waals surface area contributed by atoms with E-state index in [1.54, 1.807) is 26.0 Å². The maximum atomic E-state index is 12.1. The lowest BCUT2D eigenvalue weighted by atomic mass is 10.1. The summed E-state index contributed by atoms with van der Waals surface area (Å²) in [5.74, 6) is 0.467. The van der Waals surface area contributed by atoms with Crippen LogP contribution in [-0.2, 0) is 16.1 Å². The van der Waals surface area contributed by atoms with Crippen molar-refractivity contribution in [2.75, 3.05) is 19.8 Å². The molecule has 0 aliphatic carbocycles. The Morgan fingerprint density at radius 2 is 2.04 bits per heavy atom. The van der Waals surface area contributed by atoms with Crippen molar-refractivity contribution in [3.63, 3.8) is 0 Å². The fourth-order valence-electron chi connectivity index (χ4n) is 2.91. The molecule has 1 saturated heterocycles. The number of amides is 4. The molecule has 2 N–H and O–H groups in total. The molecule has 0 saturated carbocycles. The standard InChI is InChI=1S/C18H22ClN3O5/c1-18(2)16(24)22(17(25)21-18)5-4-14(23)20-10-11-8-12(19)15-13(9-11)26-6-3-7-27-15/h8-9H,3-7,10H2,1-2H3,(H,20,23)(H,21,25). The minimum Gasteiger partial charge on any atom is -0.489 e. The number of halogens is 1.